The van der Waals surface area contributed by atoms with Crippen LogP contribution in [-0.2, 0) is 0 Å². The second-order valence-corrected chi connectivity index (χ2v) is 3.52. The van der Waals surface area contributed by atoms with Gasteiger partial charge in [-0.1, -0.05) is 0 Å². The van der Waals surface area contributed by atoms with Gasteiger partial charge in [0.2, 0.25) is 0 Å². The number of hydrogen-bond acceptors (Lipinski definition) is 3. The minimum atomic E-state index is -0.579. The molecule has 0 fully saturated rings. The van der Waals surface area contributed by atoms with Crippen LogP contribution in [-0.4, -0.2) is 10.5 Å². The van der Waals surface area contributed by atoms with Gasteiger partial charge in [0.25, 0.3) is 5.91 Å². The van der Waals surface area contributed by atoms with Gasteiger partial charge >= 0.3 is 0 Å². The Morgan fingerprint density at radius 3 is 2.76 bits per heavy atom. The van der Waals surface area contributed by atoms with Crippen molar-refractivity contribution in [1.82, 2.24) is 4.57 Å². The minimum Gasteiger partial charge on any atom is -0.399 e. The molecule has 0 saturated heterocycles. The number of rotatable bonds is 2. The van der Waals surface area contributed by atoms with E-state index in [-0.39, 0.29) is 5.56 Å². The minimum absolute atomic E-state index is 0.290. The van der Waals surface area contributed by atoms with Crippen molar-refractivity contribution in [3.63, 3.8) is 0 Å². The van der Waals surface area contributed by atoms with Crippen LogP contribution in [0.1, 0.15) is 16.1 Å². The van der Waals surface area contributed by atoms with E-state index in [2.05, 4.69) is 0 Å². The van der Waals surface area contributed by atoms with Crippen molar-refractivity contribution in [2.24, 2.45) is 5.73 Å². The maximum absolute atomic E-state index is 11.3. The van der Waals surface area contributed by atoms with Gasteiger partial charge in [-0.15, -0.1) is 0 Å². The Labute approximate surface area is 97.9 Å². The Bertz CT molecular complexity index is 622. The zero-order valence-electron chi connectivity index (χ0n) is 8.92. The second-order valence-electron chi connectivity index (χ2n) is 3.52. The Balaban J connectivity index is 2.68. The number of primary amides is 1. The lowest BCUT2D eigenvalue weighted by Crippen LogP contribution is -2.15. The van der Waals surface area contributed by atoms with E-state index >= 15 is 0 Å². The Morgan fingerprint density at radius 1 is 1.35 bits per heavy atom. The molecule has 0 aliphatic heterocycles. The number of anilines is 1. The predicted molar refractivity (Wildman–Crippen MR) is 63.4 cm³/mol. The van der Waals surface area contributed by atoms with Crippen LogP contribution in [0.15, 0.2) is 36.5 Å². The van der Waals surface area contributed by atoms with E-state index in [1.54, 1.807) is 35.0 Å². The summed E-state index contributed by atoms with van der Waals surface area (Å²) < 4.78 is 1.60. The van der Waals surface area contributed by atoms with Crippen LogP contribution in [0.3, 0.4) is 0 Å². The second kappa shape index (κ2) is 4.02. The molecule has 5 nitrogen and oxygen atoms in total. The van der Waals surface area contributed by atoms with E-state index in [0.29, 0.717) is 17.1 Å². The van der Waals surface area contributed by atoms with Crippen molar-refractivity contribution in [3.8, 4) is 11.8 Å². The average molecular weight is 226 g/mol. The average Bonchev–Trinajstić information content (AvgIpc) is 2.76. The molecular weight excluding hydrogens is 216 g/mol. The van der Waals surface area contributed by atoms with Crippen molar-refractivity contribution in [1.29, 1.82) is 5.26 Å². The highest BCUT2D eigenvalue weighted by molar-refractivity contribution is 5.97. The van der Waals surface area contributed by atoms with Gasteiger partial charge in [-0.3, -0.25) is 4.79 Å². The fraction of sp³-hybridized carbons (Fsp3) is 0. The van der Waals surface area contributed by atoms with Crippen LogP contribution < -0.4 is 11.5 Å². The molecular formula is C12H10N4O. The molecule has 1 heterocycles. The van der Waals surface area contributed by atoms with E-state index in [1.807, 2.05) is 6.07 Å². The lowest BCUT2D eigenvalue weighted by molar-refractivity contribution is 0.100. The summed E-state index contributed by atoms with van der Waals surface area (Å²) in [6.45, 7) is 0. The van der Waals surface area contributed by atoms with Gasteiger partial charge in [0, 0.05) is 11.9 Å². The lowest BCUT2D eigenvalue weighted by Gasteiger charge is -2.10. The number of benzene rings is 1. The maximum Gasteiger partial charge on any atom is 0.250 e. The number of aromatic nitrogens is 1. The zero-order chi connectivity index (χ0) is 12.4. The van der Waals surface area contributed by atoms with E-state index < -0.39 is 5.91 Å². The van der Waals surface area contributed by atoms with Gasteiger partial charge in [-0.25, -0.2) is 0 Å². The standard InChI is InChI=1S/C12H10N4O/c13-7-9-2-1-5-16(9)11-4-3-8(14)6-10(11)12(15)17/h1-6H,14H2,(H2,15,17). The molecule has 0 spiro atoms. The number of hydrogen-bond donors (Lipinski definition) is 2. The van der Waals surface area contributed by atoms with Crippen LogP contribution in [0.4, 0.5) is 5.69 Å². The molecule has 17 heavy (non-hydrogen) atoms. The molecule has 0 unspecified atom stereocenters. The quantitative estimate of drug-likeness (QED) is 0.748. The summed E-state index contributed by atoms with van der Waals surface area (Å²) in [7, 11) is 0. The monoisotopic (exact) mass is 226 g/mol. The molecule has 2 aromatic rings. The summed E-state index contributed by atoms with van der Waals surface area (Å²) >= 11 is 0. The van der Waals surface area contributed by atoms with Crippen LogP contribution in [0.25, 0.3) is 5.69 Å². The number of carbonyl (C=O) groups is 1. The Morgan fingerprint density at radius 2 is 2.12 bits per heavy atom. The highest BCUT2D eigenvalue weighted by atomic mass is 16.1. The number of nitriles is 1. The van der Waals surface area contributed by atoms with E-state index in [4.69, 9.17) is 16.7 Å². The highest BCUT2D eigenvalue weighted by Gasteiger charge is 2.12. The van der Waals surface area contributed by atoms with Gasteiger partial charge in [0.15, 0.2) is 0 Å². The fourth-order valence-electron chi connectivity index (χ4n) is 1.64. The summed E-state index contributed by atoms with van der Waals surface area (Å²) in [4.78, 5) is 11.3. The zero-order valence-corrected chi connectivity index (χ0v) is 8.92. The molecule has 0 radical (unpaired) electrons. The number of amides is 1. The molecule has 1 amide bonds. The molecule has 0 saturated carbocycles. The van der Waals surface area contributed by atoms with Crippen molar-refractivity contribution in [2.45, 2.75) is 0 Å². The van der Waals surface area contributed by atoms with Gasteiger partial charge in [-0.2, -0.15) is 5.26 Å². The number of nitrogens with two attached hydrogens (primary N) is 2. The summed E-state index contributed by atoms with van der Waals surface area (Å²) in [5, 5.41) is 8.94. The molecule has 4 N–H and O–H groups in total. The number of carbonyl (C=O) groups excluding carboxylic acids is 1. The van der Waals surface area contributed by atoms with Crippen LogP contribution in [0, 0.1) is 11.3 Å². The number of nitrogens with zero attached hydrogens (tertiary/aromatic N) is 2. The first-order valence-electron chi connectivity index (χ1n) is 4.90. The summed E-state index contributed by atoms with van der Waals surface area (Å²) in [6, 6.07) is 10.2. The van der Waals surface area contributed by atoms with E-state index in [9.17, 15) is 4.79 Å². The van der Waals surface area contributed by atoms with Crippen LogP contribution >= 0.6 is 0 Å². The van der Waals surface area contributed by atoms with Crippen LogP contribution in [0.2, 0.25) is 0 Å². The van der Waals surface area contributed by atoms with Crippen molar-refractivity contribution >= 4 is 11.6 Å². The molecule has 0 aliphatic carbocycles. The molecule has 84 valence electrons. The molecule has 2 rings (SSSR count). The van der Waals surface area contributed by atoms with Crippen molar-refractivity contribution in [2.75, 3.05) is 5.73 Å². The lowest BCUT2D eigenvalue weighted by atomic mass is 10.1. The normalized spacial score (nSPS) is 9.82. The molecule has 5 heteroatoms. The molecule has 0 bridgehead atoms. The number of nitrogen functional groups attached to an aromatic ring is 1. The maximum atomic E-state index is 11.3. The molecule has 1 aromatic heterocycles. The van der Waals surface area contributed by atoms with Crippen molar-refractivity contribution < 1.29 is 4.79 Å². The largest absolute Gasteiger partial charge is 0.399 e. The summed E-state index contributed by atoms with van der Waals surface area (Å²) in [5.74, 6) is -0.579. The van der Waals surface area contributed by atoms with E-state index in [0.717, 1.165) is 0 Å². The van der Waals surface area contributed by atoms with Crippen LogP contribution in [0.5, 0.6) is 0 Å². The fourth-order valence-corrected chi connectivity index (χ4v) is 1.64. The Hall–Kier alpha value is -2.74. The summed E-state index contributed by atoms with van der Waals surface area (Å²) in [6.07, 6.45) is 1.69. The first-order valence-corrected chi connectivity index (χ1v) is 4.90. The van der Waals surface area contributed by atoms with E-state index in [1.165, 1.54) is 6.07 Å². The van der Waals surface area contributed by atoms with Crippen molar-refractivity contribution in [3.05, 3.63) is 47.8 Å². The molecule has 1 aromatic carbocycles. The van der Waals surface area contributed by atoms with Gasteiger partial charge < -0.3 is 16.0 Å². The molecule has 0 aliphatic rings. The first kappa shape index (κ1) is 10.8. The third kappa shape index (κ3) is 1.84. The topological polar surface area (TPSA) is 97.8 Å². The Kier molecular flexibility index (Phi) is 2.55. The smallest absolute Gasteiger partial charge is 0.250 e. The third-order valence-corrected chi connectivity index (χ3v) is 2.41. The predicted octanol–water partition coefficient (Wildman–Crippen LogP) is 1.03. The van der Waals surface area contributed by atoms with Gasteiger partial charge in [0.05, 0.1) is 11.3 Å². The SMILES string of the molecule is N#Cc1cccn1-c1ccc(N)cc1C(N)=O. The third-order valence-electron chi connectivity index (χ3n) is 2.41. The highest BCUT2D eigenvalue weighted by Crippen LogP contribution is 2.19. The first-order chi connectivity index (χ1) is 8.13. The van der Waals surface area contributed by atoms with Gasteiger partial charge in [0.1, 0.15) is 11.8 Å². The van der Waals surface area contributed by atoms with Gasteiger partial charge in [-0.05, 0) is 30.3 Å². The molecule has 0 atom stereocenters. The summed E-state index contributed by atoms with van der Waals surface area (Å²) in [5.41, 5.74) is 12.6.